The van der Waals surface area contributed by atoms with Crippen molar-refractivity contribution in [1.82, 2.24) is 5.43 Å². The van der Waals surface area contributed by atoms with E-state index >= 15 is 0 Å². The van der Waals surface area contributed by atoms with E-state index in [1.54, 1.807) is 19.2 Å². The van der Waals surface area contributed by atoms with Crippen molar-refractivity contribution >= 4 is 11.6 Å². The third-order valence-electron chi connectivity index (χ3n) is 2.27. The first-order valence-electron chi connectivity index (χ1n) is 5.63. The van der Waals surface area contributed by atoms with Gasteiger partial charge < -0.3 is 10.1 Å². The van der Waals surface area contributed by atoms with Crippen molar-refractivity contribution in [2.24, 2.45) is 10.8 Å². The van der Waals surface area contributed by atoms with Crippen LogP contribution in [0, 0.1) is 12.7 Å². The number of anilines is 1. The second-order valence-corrected chi connectivity index (χ2v) is 4.03. The van der Waals surface area contributed by atoms with Crippen LogP contribution in [0.3, 0.4) is 0 Å². The molecular formula is C12H19FN4O. The third-order valence-corrected chi connectivity index (χ3v) is 2.27. The lowest BCUT2D eigenvalue weighted by Gasteiger charge is -2.13. The van der Waals surface area contributed by atoms with Crippen LogP contribution in [0.2, 0.25) is 0 Å². The van der Waals surface area contributed by atoms with E-state index in [1.165, 1.54) is 6.07 Å². The van der Waals surface area contributed by atoms with Crippen LogP contribution < -0.4 is 16.6 Å². The van der Waals surface area contributed by atoms with Crippen molar-refractivity contribution in [1.29, 1.82) is 0 Å². The van der Waals surface area contributed by atoms with Crippen molar-refractivity contribution in [3.05, 3.63) is 29.6 Å². The number of methoxy groups -OCH3 is 1. The van der Waals surface area contributed by atoms with Gasteiger partial charge in [0.15, 0.2) is 0 Å². The molecule has 0 spiro atoms. The predicted octanol–water partition coefficient (Wildman–Crippen LogP) is 1.40. The molecule has 0 radical (unpaired) electrons. The summed E-state index contributed by atoms with van der Waals surface area (Å²) in [6, 6.07) is 4.69. The maximum Gasteiger partial charge on any atom is 0.210 e. The fourth-order valence-corrected chi connectivity index (χ4v) is 1.47. The molecule has 1 aromatic carbocycles. The maximum absolute atomic E-state index is 13.5. The van der Waals surface area contributed by atoms with E-state index in [2.05, 4.69) is 15.7 Å². The quantitative estimate of drug-likeness (QED) is 0.329. The molecule has 18 heavy (non-hydrogen) atoms. The molecule has 1 unspecified atom stereocenters. The molecule has 0 amide bonds. The molecule has 1 rings (SSSR count). The standard InChI is InChI=1S/C12H19FN4O/c1-8-4-5-10(13)11(6-8)16-12(17-14)15-9(2)7-18-3/h4-6,9H,7,14H2,1-3H3,(H2,15,16,17). The number of hydrogen-bond donors (Lipinski definition) is 3. The van der Waals surface area contributed by atoms with Gasteiger partial charge in [0.1, 0.15) is 5.82 Å². The number of halogens is 1. The van der Waals surface area contributed by atoms with E-state index < -0.39 is 0 Å². The number of ether oxygens (including phenoxy) is 1. The Morgan fingerprint density at radius 2 is 2.28 bits per heavy atom. The predicted molar refractivity (Wildman–Crippen MR) is 70.9 cm³/mol. The highest BCUT2D eigenvalue weighted by Crippen LogP contribution is 2.15. The molecule has 0 heterocycles. The molecule has 0 saturated heterocycles. The first-order chi connectivity index (χ1) is 8.56. The van der Waals surface area contributed by atoms with Gasteiger partial charge in [-0.15, -0.1) is 0 Å². The fourth-order valence-electron chi connectivity index (χ4n) is 1.47. The van der Waals surface area contributed by atoms with Gasteiger partial charge in [0.25, 0.3) is 0 Å². The Balaban J connectivity index is 2.82. The first-order valence-corrected chi connectivity index (χ1v) is 5.63. The van der Waals surface area contributed by atoms with Crippen LogP contribution in [0.4, 0.5) is 10.1 Å². The number of benzene rings is 1. The van der Waals surface area contributed by atoms with Gasteiger partial charge in [0.2, 0.25) is 5.96 Å². The number of hydrogen-bond acceptors (Lipinski definition) is 3. The number of nitrogens with one attached hydrogen (secondary N) is 2. The van der Waals surface area contributed by atoms with Gasteiger partial charge in [-0.1, -0.05) is 6.07 Å². The van der Waals surface area contributed by atoms with E-state index in [-0.39, 0.29) is 11.9 Å². The number of rotatable bonds is 4. The topological polar surface area (TPSA) is 71.7 Å². The Kier molecular flexibility index (Phi) is 5.54. The minimum Gasteiger partial charge on any atom is -0.382 e. The Bertz CT molecular complexity index is 423. The lowest BCUT2D eigenvalue weighted by Crippen LogP contribution is -2.37. The third kappa shape index (κ3) is 4.31. The fraction of sp³-hybridized carbons (Fsp3) is 0.417. The summed E-state index contributed by atoms with van der Waals surface area (Å²) in [4.78, 5) is 4.23. The summed E-state index contributed by atoms with van der Waals surface area (Å²) in [6.07, 6.45) is 0. The zero-order valence-electron chi connectivity index (χ0n) is 10.8. The maximum atomic E-state index is 13.5. The van der Waals surface area contributed by atoms with Crippen LogP contribution in [0.5, 0.6) is 0 Å². The van der Waals surface area contributed by atoms with Gasteiger partial charge in [0.05, 0.1) is 18.3 Å². The van der Waals surface area contributed by atoms with Crippen LogP contribution in [0.15, 0.2) is 23.2 Å². The molecule has 0 aliphatic carbocycles. The number of nitrogens with two attached hydrogens (primary N) is 1. The highest BCUT2D eigenvalue weighted by Gasteiger charge is 2.06. The molecule has 0 saturated carbocycles. The summed E-state index contributed by atoms with van der Waals surface area (Å²) >= 11 is 0. The monoisotopic (exact) mass is 254 g/mol. The average Bonchev–Trinajstić information content (AvgIpc) is 2.33. The van der Waals surface area contributed by atoms with Crippen LogP contribution in [-0.4, -0.2) is 25.7 Å². The summed E-state index contributed by atoms with van der Waals surface area (Å²) in [5.74, 6) is 5.28. The zero-order chi connectivity index (χ0) is 13.5. The average molecular weight is 254 g/mol. The lowest BCUT2D eigenvalue weighted by molar-refractivity contribution is 0.185. The second-order valence-electron chi connectivity index (χ2n) is 4.03. The van der Waals surface area contributed by atoms with Crippen molar-refractivity contribution in [3.63, 3.8) is 0 Å². The molecule has 0 bridgehead atoms. The summed E-state index contributed by atoms with van der Waals surface area (Å²) in [6.45, 7) is 4.21. The van der Waals surface area contributed by atoms with Crippen LogP contribution >= 0.6 is 0 Å². The molecule has 0 aliphatic heterocycles. The van der Waals surface area contributed by atoms with Gasteiger partial charge in [0, 0.05) is 7.11 Å². The van der Waals surface area contributed by atoms with Gasteiger partial charge in [-0.2, -0.15) is 0 Å². The molecular weight excluding hydrogens is 235 g/mol. The van der Waals surface area contributed by atoms with Gasteiger partial charge in [-0.3, -0.25) is 5.43 Å². The van der Waals surface area contributed by atoms with E-state index in [4.69, 9.17) is 10.6 Å². The number of aliphatic imine (C=N–C) groups is 1. The number of aryl methyl sites for hydroxylation is 1. The molecule has 0 aromatic heterocycles. The molecule has 5 nitrogen and oxygen atoms in total. The first kappa shape index (κ1) is 14.4. The van der Waals surface area contributed by atoms with Crippen LogP contribution in [-0.2, 0) is 4.74 Å². The smallest absolute Gasteiger partial charge is 0.210 e. The van der Waals surface area contributed by atoms with Crippen molar-refractivity contribution in [2.75, 3.05) is 19.0 Å². The molecule has 0 aliphatic rings. The molecule has 4 N–H and O–H groups in total. The normalized spacial score (nSPS) is 13.3. The summed E-state index contributed by atoms with van der Waals surface area (Å²) in [5.41, 5.74) is 3.68. The second kappa shape index (κ2) is 6.93. The summed E-state index contributed by atoms with van der Waals surface area (Å²) in [5, 5.41) is 2.81. The van der Waals surface area contributed by atoms with Crippen LogP contribution in [0.25, 0.3) is 0 Å². The van der Waals surface area contributed by atoms with E-state index in [0.29, 0.717) is 18.3 Å². The van der Waals surface area contributed by atoms with Crippen molar-refractivity contribution in [3.8, 4) is 0 Å². The highest BCUT2D eigenvalue weighted by molar-refractivity contribution is 5.93. The number of guanidine groups is 1. The largest absolute Gasteiger partial charge is 0.382 e. The molecule has 1 atom stereocenters. The summed E-state index contributed by atoms with van der Waals surface area (Å²) in [7, 11) is 1.59. The van der Waals surface area contributed by atoms with Crippen molar-refractivity contribution < 1.29 is 9.13 Å². The lowest BCUT2D eigenvalue weighted by atomic mass is 10.2. The highest BCUT2D eigenvalue weighted by atomic mass is 19.1. The van der Waals surface area contributed by atoms with Gasteiger partial charge in [-0.05, 0) is 31.5 Å². The van der Waals surface area contributed by atoms with Gasteiger partial charge >= 0.3 is 0 Å². The molecule has 1 aromatic rings. The van der Waals surface area contributed by atoms with Crippen molar-refractivity contribution in [2.45, 2.75) is 19.9 Å². The summed E-state index contributed by atoms with van der Waals surface area (Å²) < 4.78 is 18.5. The number of hydrazine groups is 1. The Morgan fingerprint density at radius 1 is 1.56 bits per heavy atom. The molecule has 100 valence electrons. The minimum atomic E-state index is -0.358. The SMILES string of the molecule is COCC(C)N=C(NN)Nc1cc(C)ccc1F. The molecule has 0 fully saturated rings. The Morgan fingerprint density at radius 3 is 2.89 bits per heavy atom. The van der Waals surface area contributed by atoms with Gasteiger partial charge in [-0.25, -0.2) is 15.2 Å². The van der Waals surface area contributed by atoms with E-state index in [0.717, 1.165) is 5.56 Å². The zero-order valence-corrected chi connectivity index (χ0v) is 10.8. The minimum absolute atomic E-state index is 0.0820. The van der Waals surface area contributed by atoms with E-state index in [9.17, 15) is 4.39 Å². The Labute approximate surface area is 106 Å². The van der Waals surface area contributed by atoms with Crippen LogP contribution in [0.1, 0.15) is 12.5 Å². The Hall–Kier alpha value is -1.66. The number of nitrogens with zero attached hydrogens (tertiary/aromatic N) is 1. The molecule has 6 heteroatoms. The van der Waals surface area contributed by atoms with E-state index in [1.807, 2.05) is 13.8 Å².